The Morgan fingerprint density at radius 2 is 2.00 bits per heavy atom. The van der Waals surface area contributed by atoms with Crippen LogP contribution in [0.15, 0.2) is 0 Å². The van der Waals surface area contributed by atoms with Gasteiger partial charge in [0.05, 0.1) is 11.0 Å². The van der Waals surface area contributed by atoms with Crippen molar-refractivity contribution in [3.05, 3.63) is 0 Å². The second kappa shape index (κ2) is 2.92. The normalized spacial score (nSPS) is 39.6. The third-order valence-corrected chi connectivity index (χ3v) is 4.69. The molecule has 0 aromatic heterocycles. The maximum absolute atomic E-state index is 11.2. The Hall–Kier alpha value is 0.200. The molecular formula is C6H12ClNO2S. The monoisotopic (exact) mass is 197 g/mol. The zero-order chi connectivity index (χ0) is 7.19. The van der Waals surface area contributed by atoms with Crippen LogP contribution in [-0.4, -0.2) is 32.5 Å². The Morgan fingerprint density at radius 3 is 2.55 bits per heavy atom. The molecule has 2 heterocycles. The third kappa shape index (κ3) is 1.53. The van der Waals surface area contributed by atoms with Crippen LogP contribution in [-0.2, 0) is 9.84 Å². The second-order valence-corrected chi connectivity index (χ2v) is 5.54. The molecule has 11 heavy (non-hydrogen) atoms. The number of fused-ring (bicyclic) bond motifs is 2. The van der Waals surface area contributed by atoms with Crippen LogP contribution in [0.3, 0.4) is 0 Å². The molecule has 2 aliphatic heterocycles. The lowest BCUT2D eigenvalue weighted by Gasteiger charge is -2.16. The quantitative estimate of drug-likeness (QED) is 0.586. The number of sulfone groups is 1. The van der Waals surface area contributed by atoms with Gasteiger partial charge in [-0.25, -0.2) is 8.42 Å². The summed E-state index contributed by atoms with van der Waals surface area (Å²) in [4.78, 5) is 0. The van der Waals surface area contributed by atoms with Crippen LogP contribution in [0, 0.1) is 5.92 Å². The molecule has 0 spiro atoms. The van der Waals surface area contributed by atoms with Crippen molar-refractivity contribution in [2.45, 2.75) is 11.7 Å². The summed E-state index contributed by atoms with van der Waals surface area (Å²) in [6.45, 7) is 1.58. The van der Waals surface area contributed by atoms with Crippen molar-refractivity contribution in [3.63, 3.8) is 0 Å². The molecule has 66 valence electrons. The number of nitrogens with one attached hydrogen (secondary N) is 1. The van der Waals surface area contributed by atoms with Crippen molar-refractivity contribution in [2.24, 2.45) is 5.92 Å². The summed E-state index contributed by atoms with van der Waals surface area (Å²) in [7, 11) is -2.69. The number of rotatable bonds is 0. The van der Waals surface area contributed by atoms with Crippen molar-refractivity contribution in [1.29, 1.82) is 0 Å². The summed E-state index contributed by atoms with van der Waals surface area (Å²) in [5.41, 5.74) is 0. The highest BCUT2D eigenvalue weighted by Gasteiger charge is 2.40. The Kier molecular flexibility index (Phi) is 2.46. The van der Waals surface area contributed by atoms with Crippen LogP contribution in [0.2, 0.25) is 0 Å². The maximum Gasteiger partial charge on any atom is 0.154 e. The van der Waals surface area contributed by atoms with Gasteiger partial charge in [0.2, 0.25) is 0 Å². The smallest absolute Gasteiger partial charge is 0.154 e. The van der Waals surface area contributed by atoms with Gasteiger partial charge in [-0.1, -0.05) is 0 Å². The first kappa shape index (κ1) is 9.29. The minimum absolute atomic E-state index is 0. The molecular weight excluding hydrogens is 186 g/mol. The van der Waals surface area contributed by atoms with Gasteiger partial charge in [0.25, 0.3) is 0 Å². The molecule has 2 unspecified atom stereocenters. The zero-order valence-corrected chi connectivity index (χ0v) is 7.75. The lowest BCUT2D eigenvalue weighted by atomic mass is 10.0. The topological polar surface area (TPSA) is 46.2 Å². The first-order chi connectivity index (χ1) is 4.68. The molecule has 0 aromatic carbocycles. The van der Waals surface area contributed by atoms with E-state index in [0.717, 1.165) is 13.0 Å². The predicted octanol–water partition coefficient (Wildman–Crippen LogP) is -0.185. The van der Waals surface area contributed by atoms with E-state index in [-0.39, 0.29) is 17.7 Å². The van der Waals surface area contributed by atoms with Gasteiger partial charge in [0.1, 0.15) is 0 Å². The zero-order valence-electron chi connectivity index (χ0n) is 6.12. The molecule has 2 bridgehead atoms. The fourth-order valence-electron chi connectivity index (χ4n) is 1.85. The van der Waals surface area contributed by atoms with E-state index in [4.69, 9.17) is 0 Å². The number of hydrogen-bond donors (Lipinski definition) is 1. The van der Waals surface area contributed by atoms with Gasteiger partial charge in [-0.15, -0.1) is 12.4 Å². The van der Waals surface area contributed by atoms with E-state index in [0.29, 0.717) is 18.2 Å². The minimum atomic E-state index is -2.69. The van der Waals surface area contributed by atoms with Gasteiger partial charge in [-0.05, 0) is 18.9 Å². The van der Waals surface area contributed by atoms with E-state index in [2.05, 4.69) is 5.32 Å². The van der Waals surface area contributed by atoms with Crippen LogP contribution in [0.5, 0.6) is 0 Å². The van der Waals surface area contributed by atoms with Crippen LogP contribution in [0.1, 0.15) is 6.42 Å². The van der Waals surface area contributed by atoms with Gasteiger partial charge in [0, 0.05) is 6.54 Å². The molecule has 0 amide bonds. The Balaban J connectivity index is 0.000000605. The molecule has 0 aromatic rings. The maximum atomic E-state index is 11.2. The van der Waals surface area contributed by atoms with E-state index in [1.807, 2.05) is 0 Å². The highest BCUT2D eigenvalue weighted by atomic mass is 35.5. The van der Waals surface area contributed by atoms with Crippen molar-refractivity contribution in [2.75, 3.05) is 18.8 Å². The third-order valence-electron chi connectivity index (χ3n) is 2.38. The molecule has 2 atom stereocenters. The average molecular weight is 198 g/mol. The van der Waals surface area contributed by atoms with Crippen LogP contribution >= 0.6 is 12.4 Å². The van der Waals surface area contributed by atoms with E-state index >= 15 is 0 Å². The number of hydrogen-bond acceptors (Lipinski definition) is 3. The van der Waals surface area contributed by atoms with Crippen molar-refractivity contribution >= 4 is 22.2 Å². The number of piperidine rings is 1. The Bertz CT molecular complexity index is 239. The predicted molar refractivity (Wildman–Crippen MR) is 45.8 cm³/mol. The SMILES string of the molecule is Cl.O=S1(=O)CC2CNCC1C2. The minimum Gasteiger partial charge on any atom is -0.315 e. The van der Waals surface area contributed by atoms with E-state index in [9.17, 15) is 8.42 Å². The van der Waals surface area contributed by atoms with Crippen molar-refractivity contribution in [3.8, 4) is 0 Å². The summed E-state index contributed by atoms with van der Waals surface area (Å²) in [6, 6.07) is 0. The van der Waals surface area contributed by atoms with E-state index < -0.39 is 9.84 Å². The van der Waals surface area contributed by atoms with Crippen LogP contribution < -0.4 is 5.32 Å². The molecule has 2 saturated heterocycles. The van der Waals surface area contributed by atoms with Crippen LogP contribution in [0.25, 0.3) is 0 Å². The van der Waals surface area contributed by atoms with E-state index in [1.54, 1.807) is 0 Å². The van der Waals surface area contributed by atoms with Gasteiger partial charge in [-0.2, -0.15) is 0 Å². The fraction of sp³-hybridized carbons (Fsp3) is 1.00. The second-order valence-electron chi connectivity index (χ2n) is 3.21. The summed E-state index contributed by atoms with van der Waals surface area (Å²) in [6.07, 6.45) is 0.898. The highest BCUT2D eigenvalue weighted by Crippen LogP contribution is 2.27. The van der Waals surface area contributed by atoms with Crippen molar-refractivity contribution < 1.29 is 8.42 Å². The Morgan fingerprint density at radius 1 is 1.27 bits per heavy atom. The lowest BCUT2D eigenvalue weighted by molar-refractivity contribution is 0.440. The standard InChI is InChI=1S/C6H11NO2S.ClH/c8-10(9)4-5-1-6(10)3-7-2-5;/h5-7H,1-4H2;1H. The van der Waals surface area contributed by atoms with Crippen molar-refractivity contribution in [1.82, 2.24) is 5.32 Å². The first-order valence-corrected chi connectivity index (χ1v) is 5.32. The van der Waals surface area contributed by atoms with Gasteiger partial charge in [0.15, 0.2) is 9.84 Å². The Labute approximate surface area is 72.9 Å². The van der Waals surface area contributed by atoms with Gasteiger partial charge < -0.3 is 5.32 Å². The fourth-order valence-corrected chi connectivity index (χ4v) is 3.97. The summed E-state index contributed by atoms with van der Waals surface area (Å²) in [5.74, 6) is 0.828. The molecule has 5 heteroatoms. The molecule has 2 rings (SSSR count). The molecule has 0 aliphatic carbocycles. The van der Waals surface area contributed by atoms with Gasteiger partial charge in [-0.3, -0.25) is 0 Å². The largest absolute Gasteiger partial charge is 0.315 e. The summed E-state index contributed by atoms with van der Waals surface area (Å²) < 4.78 is 22.4. The molecule has 0 saturated carbocycles. The summed E-state index contributed by atoms with van der Waals surface area (Å²) in [5, 5.41) is 3.06. The molecule has 0 radical (unpaired) electrons. The van der Waals surface area contributed by atoms with E-state index in [1.165, 1.54) is 0 Å². The highest BCUT2D eigenvalue weighted by molar-refractivity contribution is 7.92. The molecule has 3 nitrogen and oxygen atoms in total. The molecule has 2 aliphatic rings. The summed E-state index contributed by atoms with van der Waals surface area (Å²) >= 11 is 0. The lowest BCUT2D eigenvalue weighted by Crippen LogP contribution is -2.35. The number of halogens is 1. The average Bonchev–Trinajstić information content (AvgIpc) is 2.04. The van der Waals surface area contributed by atoms with Crippen LogP contribution in [0.4, 0.5) is 0 Å². The van der Waals surface area contributed by atoms with Gasteiger partial charge >= 0.3 is 0 Å². The first-order valence-electron chi connectivity index (χ1n) is 3.61. The molecule has 2 fully saturated rings. The molecule has 1 N–H and O–H groups in total.